The van der Waals surface area contributed by atoms with Crippen LogP contribution in [0.1, 0.15) is 40.0 Å². The number of piperidine rings is 1. The molecule has 0 radical (unpaired) electrons. The van der Waals surface area contributed by atoms with E-state index in [1.807, 2.05) is 18.2 Å². The van der Waals surface area contributed by atoms with Gasteiger partial charge in [-0.15, -0.1) is 11.8 Å². The van der Waals surface area contributed by atoms with Crippen molar-refractivity contribution in [2.75, 3.05) is 64.6 Å². The second-order valence-electron chi connectivity index (χ2n) is 13.3. The Hall–Kier alpha value is -5.09. The lowest BCUT2D eigenvalue weighted by atomic mass is 10.0. The van der Waals surface area contributed by atoms with Crippen LogP contribution in [0.25, 0.3) is 10.9 Å². The summed E-state index contributed by atoms with van der Waals surface area (Å²) in [5.74, 6) is -0.621. The van der Waals surface area contributed by atoms with Crippen molar-refractivity contribution in [1.82, 2.24) is 25.0 Å². The van der Waals surface area contributed by atoms with Crippen molar-refractivity contribution in [2.45, 2.75) is 30.2 Å². The highest BCUT2D eigenvalue weighted by atomic mass is 35.5. The zero-order chi connectivity index (χ0) is 39.5. The van der Waals surface area contributed by atoms with Crippen LogP contribution in [0.3, 0.4) is 0 Å². The number of carbonyl (C=O) groups is 5. The van der Waals surface area contributed by atoms with Crippen molar-refractivity contribution in [1.29, 1.82) is 0 Å². The largest absolute Gasteiger partial charge is 0.495 e. The number of pyridine rings is 1. The minimum atomic E-state index is -1.05. The summed E-state index contributed by atoms with van der Waals surface area (Å²) in [5.41, 5.74) is 2.46. The predicted molar refractivity (Wildman–Crippen MR) is 212 cm³/mol. The fourth-order valence-electron chi connectivity index (χ4n) is 6.99. The Morgan fingerprint density at radius 1 is 0.929 bits per heavy atom. The van der Waals surface area contributed by atoms with Gasteiger partial charge < -0.3 is 24.4 Å². The number of thioether (sulfide) groups is 1. The summed E-state index contributed by atoms with van der Waals surface area (Å²) in [6, 6.07) is 12.8. The van der Waals surface area contributed by atoms with Gasteiger partial charge in [-0.1, -0.05) is 29.3 Å². The van der Waals surface area contributed by atoms with Gasteiger partial charge in [-0.25, -0.2) is 0 Å². The first-order chi connectivity index (χ1) is 27.1. The van der Waals surface area contributed by atoms with Crippen LogP contribution in [0.5, 0.6) is 17.2 Å². The van der Waals surface area contributed by atoms with Crippen LogP contribution >= 0.6 is 35.0 Å². The molecule has 0 spiro atoms. The topological polar surface area (TPSA) is 160 Å². The van der Waals surface area contributed by atoms with Crippen molar-refractivity contribution in [3.05, 3.63) is 75.9 Å². The first kappa shape index (κ1) is 39.2. The second-order valence-corrected chi connectivity index (χ2v) is 15.1. The van der Waals surface area contributed by atoms with E-state index in [0.29, 0.717) is 76.2 Å². The normalized spacial score (nSPS) is 17.2. The maximum atomic E-state index is 13.4. The zero-order valence-electron chi connectivity index (χ0n) is 30.6. The molecule has 1 atom stereocenters. The van der Waals surface area contributed by atoms with Gasteiger partial charge in [0.25, 0.3) is 11.8 Å². The highest BCUT2D eigenvalue weighted by Gasteiger charge is 2.45. The van der Waals surface area contributed by atoms with Crippen molar-refractivity contribution in [2.24, 2.45) is 0 Å². The summed E-state index contributed by atoms with van der Waals surface area (Å²) in [7, 11) is 3.12. The minimum Gasteiger partial charge on any atom is -0.495 e. The minimum absolute atomic E-state index is 0.0417. The standard InChI is InChI=1S/C39H38Cl2N6O8S/c1-53-30-20-28(24(40)18-25(30)41)43-26-9-10-42-27-19-32(31(54-2)17-23(26)27)55-16-4-11-45-12-14-46(15-13-45)35(49)21-56-33-6-3-5-22-36(33)39(52)47(38(22)51)29-7-8-34(48)44-37(29)50/h3,5-6,9-10,17-20,29H,4,7-8,11-16,21H2,1-2H3,(H,42,43)(H,44,48,50). The van der Waals surface area contributed by atoms with Crippen molar-refractivity contribution in [3.8, 4) is 17.2 Å². The van der Waals surface area contributed by atoms with Crippen molar-refractivity contribution < 1.29 is 38.2 Å². The molecule has 14 nitrogen and oxygen atoms in total. The predicted octanol–water partition coefficient (Wildman–Crippen LogP) is 5.41. The number of methoxy groups -OCH3 is 2. The number of aromatic nitrogens is 1. The van der Waals surface area contributed by atoms with Gasteiger partial charge in [-0.2, -0.15) is 0 Å². The molecular weight excluding hydrogens is 783 g/mol. The molecule has 3 aromatic carbocycles. The molecule has 0 aliphatic carbocycles. The number of benzene rings is 3. The molecule has 5 amide bonds. The maximum absolute atomic E-state index is 13.4. The quantitative estimate of drug-likeness (QED) is 0.101. The number of carbonyl (C=O) groups excluding carboxylic acids is 5. The number of nitrogens with zero attached hydrogens (tertiary/aromatic N) is 4. The second kappa shape index (κ2) is 17.0. The van der Waals surface area contributed by atoms with Crippen LogP contribution in [0, 0.1) is 0 Å². The molecule has 1 unspecified atom stereocenters. The fraction of sp³-hybridized carbons (Fsp3) is 0.333. The summed E-state index contributed by atoms with van der Waals surface area (Å²) in [6.45, 7) is 3.74. The summed E-state index contributed by atoms with van der Waals surface area (Å²) in [5, 5.41) is 7.20. The first-order valence-electron chi connectivity index (χ1n) is 17.9. The molecule has 4 aromatic rings. The summed E-state index contributed by atoms with van der Waals surface area (Å²) >= 11 is 13.9. The van der Waals surface area contributed by atoms with E-state index in [0.717, 1.165) is 28.9 Å². The molecule has 1 aromatic heterocycles. The molecule has 56 heavy (non-hydrogen) atoms. The molecule has 2 N–H and O–H groups in total. The Morgan fingerprint density at radius 2 is 1.71 bits per heavy atom. The van der Waals surface area contributed by atoms with E-state index >= 15 is 0 Å². The molecule has 2 fully saturated rings. The van der Waals surface area contributed by atoms with Gasteiger partial charge >= 0.3 is 0 Å². The molecule has 4 heterocycles. The van der Waals surface area contributed by atoms with Crippen LogP contribution in [0.2, 0.25) is 10.0 Å². The zero-order valence-corrected chi connectivity index (χ0v) is 32.9. The average molecular weight is 822 g/mol. The number of piperazine rings is 1. The van der Waals surface area contributed by atoms with Crippen molar-refractivity contribution in [3.63, 3.8) is 0 Å². The first-order valence-corrected chi connectivity index (χ1v) is 19.7. The number of halogens is 2. The van der Waals surface area contributed by atoms with Gasteiger partial charge in [0.05, 0.1) is 59.0 Å². The number of imide groups is 2. The third kappa shape index (κ3) is 8.08. The van der Waals surface area contributed by atoms with E-state index in [-0.39, 0.29) is 35.6 Å². The highest BCUT2D eigenvalue weighted by Crippen LogP contribution is 2.40. The molecule has 2 saturated heterocycles. The van der Waals surface area contributed by atoms with E-state index in [1.165, 1.54) is 18.9 Å². The Morgan fingerprint density at radius 3 is 2.46 bits per heavy atom. The summed E-state index contributed by atoms with van der Waals surface area (Å²) in [4.78, 5) is 73.9. The number of fused-ring (bicyclic) bond motifs is 2. The summed E-state index contributed by atoms with van der Waals surface area (Å²) in [6.07, 6.45) is 2.56. The van der Waals surface area contributed by atoms with E-state index < -0.39 is 29.7 Å². The van der Waals surface area contributed by atoms with E-state index in [9.17, 15) is 24.0 Å². The Labute approximate surface area is 336 Å². The average Bonchev–Trinajstić information content (AvgIpc) is 3.45. The monoisotopic (exact) mass is 820 g/mol. The third-order valence-corrected chi connectivity index (χ3v) is 11.6. The van der Waals surface area contributed by atoms with Gasteiger partial charge in [0.15, 0.2) is 11.5 Å². The molecule has 3 aliphatic rings. The van der Waals surface area contributed by atoms with Crippen molar-refractivity contribution >= 4 is 86.8 Å². The van der Waals surface area contributed by atoms with Crippen LogP contribution in [0.4, 0.5) is 11.4 Å². The number of anilines is 2. The van der Waals surface area contributed by atoms with Gasteiger partial charge in [-0.05, 0) is 43.2 Å². The van der Waals surface area contributed by atoms with Gasteiger partial charge in [-0.3, -0.25) is 44.1 Å². The lowest BCUT2D eigenvalue weighted by molar-refractivity contribution is -0.136. The van der Waals surface area contributed by atoms with E-state index in [4.69, 9.17) is 37.4 Å². The maximum Gasteiger partial charge on any atom is 0.263 e. The number of amides is 5. The van der Waals surface area contributed by atoms with Crippen LogP contribution in [0.15, 0.2) is 59.6 Å². The SMILES string of the molecule is COc1cc(Nc2ccnc3cc(OCCCN4CCN(C(=O)CSc5cccc6c5C(=O)N(C5CCC(=O)NC5=O)C6=O)CC4)c(OC)cc23)c(Cl)cc1Cl. The molecule has 292 valence electrons. The number of hydrogen-bond acceptors (Lipinski definition) is 12. The molecular formula is C39H38Cl2N6O8S. The Balaban J connectivity index is 0.887. The van der Waals surface area contributed by atoms with Gasteiger partial charge in [0, 0.05) is 73.4 Å². The lowest BCUT2D eigenvalue weighted by Crippen LogP contribution is -2.54. The van der Waals surface area contributed by atoms with Crippen LogP contribution < -0.4 is 24.8 Å². The number of ether oxygens (including phenoxy) is 3. The van der Waals surface area contributed by atoms with E-state index in [2.05, 4.69) is 20.5 Å². The molecule has 17 heteroatoms. The summed E-state index contributed by atoms with van der Waals surface area (Å²) < 4.78 is 17.2. The Bertz CT molecular complexity index is 2230. The van der Waals surface area contributed by atoms with Crippen LogP contribution in [-0.4, -0.2) is 115 Å². The third-order valence-electron chi connectivity index (χ3n) is 9.92. The lowest BCUT2D eigenvalue weighted by Gasteiger charge is -2.34. The van der Waals surface area contributed by atoms with Crippen LogP contribution in [-0.2, 0) is 14.4 Å². The number of rotatable bonds is 13. The van der Waals surface area contributed by atoms with Gasteiger partial charge in [0.2, 0.25) is 17.7 Å². The highest BCUT2D eigenvalue weighted by molar-refractivity contribution is 8.00. The molecule has 3 aliphatic heterocycles. The number of hydrogen-bond donors (Lipinski definition) is 2. The van der Waals surface area contributed by atoms with E-state index in [1.54, 1.807) is 48.5 Å². The number of nitrogens with one attached hydrogen (secondary N) is 2. The van der Waals surface area contributed by atoms with Gasteiger partial charge in [0.1, 0.15) is 11.8 Å². The fourth-order valence-corrected chi connectivity index (χ4v) is 8.47. The molecule has 0 saturated carbocycles. The molecule has 7 rings (SSSR count). The molecule has 0 bridgehead atoms. The smallest absolute Gasteiger partial charge is 0.263 e. The Kier molecular flexibility index (Phi) is 11.9.